The van der Waals surface area contributed by atoms with E-state index in [0.717, 1.165) is 0 Å². The fourth-order valence-electron chi connectivity index (χ4n) is 3.48. The van der Waals surface area contributed by atoms with Crippen molar-refractivity contribution in [1.82, 2.24) is 9.80 Å². The van der Waals surface area contributed by atoms with Crippen molar-refractivity contribution in [3.63, 3.8) is 0 Å². The molecule has 0 aromatic heterocycles. The van der Waals surface area contributed by atoms with Crippen molar-refractivity contribution < 1.29 is 23.8 Å². The largest absolute Gasteiger partial charge is 0.496 e. The van der Waals surface area contributed by atoms with E-state index in [1.165, 1.54) is 4.90 Å². The molecule has 1 fully saturated rings. The normalized spacial score (nSPS) is 17.9. The average molecular weight is 388 g/mol. The van der Waals surface area contributed by atoms with Crippen LogP contribution in [0.5, 0.6) is 5.75 Å². The quantitative estimate of drug-likeness (QED) is 0.501. The summed E-state index contributed by atoms with van der Waals surface area (Å²) in [6.45, 7) is 6.99. The lowest BCUT2D eigenvalue weighted by Crippen LogP contribution is -2.40. The predicted octanol–water partition coefficient (Wildman–Crippen LogP) is 1.92. The van der Waals surface area contributed by atoms with Gasteiger partial charge in [-0.15, -0.1) is 0 Å². The molecular weight excluding hydrogens is 360 g/mol. The minimum absolute atomic E-state index is 0.121. The van der Waals surface area contributed by atoms with Crippen LogP contribution in [-0.4, -0.2) is 74.3 Å². The van der Waals surface area contributed by atoms with Gasteiger partial charge in [-0.1, -0.05) is 18.2 Å². The van der Waals surface area contributed by atoms with Gasteiger partial charge >= 0.3 is 0 Å². The van der Waals surface area contributed by atoms with Crippen molar-refractivity contribution in [2.24, 2.45) is 0 Å². The second-order valence-corrected chi connectivity index (χ2v) is 7.06. The van der Waals surface area contributed by atoms with Gasteiger partial charge in [0.2, 0.25) is 0 Å². The van der Waals surface area contributed by atoms with Gasteiger partial charge in [0.1, 0.15) is 11.4 Å². The number of morpholine rings is 1. The zero-order valence-electron chi connectivity index (χ0n) is 16.8. The SMILES string of the molecule is COc1ccccc1C1=C(N2CCOCC2)C(=O)N(CCCOC(C)C)C1=O. The van der Waals surface area contributed by atoms with E-state index < -0.39 is 0 Å². The van der Waals surface area contributed by atoms with Crippen LogP contribution < -0.4 is 4.74 Å². The van der Waals surface area contributed by atoms with Gasteiger partial charge in [-0.05, 0) is 26.3 Å². The van der Waals surface area contributed by atoms with Crippen LogP contribution in [0.25, 0.3) is 5.57 Å². The Morgan fingerprint density at radius 3 is 2.50 bits per heavy atom. The lowest BCUT2D eigenvalue weighted by Gasteiger charge is -2.29. The maximum Gasteiger partial charge on any atom is 0.277 e. The summed E-state index contributed by atoms with van der Waals surface area (Å²) >= 11 is 0. The minimum Gasteiger partial charge on any atom is -0.496 e. The smallest absolute Gasteiger partial charge is 0.277 e. The Morgan fingerprint density at radius 2 is 1.82 bits per heavy atom. The van der Waals surface area contributed by atoms with Crippen LogP contribution in [0.2, 0.25) is 0 Å². The van der Waals surface area contributed by atoms with E-state index in [0.29, 0.717) is 68.5 Å². The molecule has 0 atom stereocenters. The van der Waals surface area contributed by atoms with Gasteiger partial charge < -0.3 is 19.1 Å². The second kappa shape index (κ2) is 9.21. The number of nitrogens with zero attached hydrogens (tertiary/aromatic N) is 2. The number of rotatable bonds is 8. The number of benzene rings is 1. The summed E-state index contributed by atoms with van der Waals surface area (Å²) in [5.41, 5.74) is 1.50. The van der Waals surface area contributed by atoms with Crippen molar-refractivity contribution in [1.29, 1.82) is 0 Å². The molecule has 0 unspecified atom stereocenters. The molecule has 2 aliphatic rings. The summed E-state index contributed by atoms with van der Waals surface area (Å²) < 4.78 is 16.4. The summed E-state index contributed by atoms with van der Waals surface area (Å²) in [4.78, 5) is 29.8. The molecule has 1 aromatic rings. The van der Waals surface area contributed by atoms with Crippen LogP contribution in [-0.2, 0) is 19.1 Å². The van der Waals surface area contributed by atoms with Gasteiger partial charge in [0.15, 0.2) is 0 Å². The third-order valence-electron chi connectivity index (χ3n) is 4.82. The number of carbonyl (C=O) groups is 2. The predicted molar refractivity (Wildman–Crippen MR) is 105 cm³/mol. The molecule has 2 aliphatic heterocycles. The molecule has 0 N–H and O–H groups in total. The molecule has 2 heterocycles. The van der Waals surface area contributed by atoms with Crippen LogP contribution in [0.3, 0.4) is 0 Å². The van der Waals surface area contributed by atoms with E-state index in [9.17, 15) is 9.59 Å². The van der Waals surface area contributed by atoms with E-state index in [-0.39, 0.29) is 17.9 Å². The van der Waals surface area contributed by atoms with Crippen LogP contribution in [0.1, 0.15) is 25.8 Å². The van der Waals surface area contributed by atoms with Gasteiger partial charge in [-0.25, -0.2) is 0 Å². The summed E-state index contributed by atoms with van der Waals surface area (Å²) in [5, 5.41) is 0. The fourth-order valence-corrected chi connectivity index (χ4v) is 3.48. The summed E-state index contributed by atoms with van der Waals surface area (Å²) in [6.07, 6.45) is 0.724. The Kier molecular flexibility index (Phi) is 6.70. The first-order chi connectivity index (χ1) is 13.5. The highest BCUT2D eigenvalue weighted by molar-refractivity contribution is 6.36. The first kappa shape index (κ1) is 20.4. The lowest BCUT2D eigenvalue weighted by molar-refractivity contribution is -0.138. The van der Waals surface area contributed by atoms with Crippen molar-refractivity contribution in [2.45, 2.75) is 26.4 Å². The molecule has 1 saturated heterocycles. The Balaban J connectivity index is 1.91. The number of carbonyl (C=O) groups excluding carboxylic acids is 2. The number of amides is 2. The highest BCUT2D eigenvalue weighted by Gasteiger charge is 2.42. The molecule has 1 aromatic carbocycles. The fraction of sp³-hybridized carbons (Fsp3) is 0.524. The molecule has 7 nitrogen and oxygen atoms in total. The van der Waals surface area contributed by atoms with E-state index in [2.05, 4.69) is 0 Å². The molecule has 2 amide bonds. The third-order valence-corrected chi connectivity index (χ3v) is 4.82. The number of imide groups is 1. The molecule has 0 radical (unpaired) electrons. The van der Waals surface area contributed by atoms with Gasteiger partial charge in [-0.3, -0.25) is 14.5 Å². The lowest BCUT2D eigenvalue weighted by atomic mass is 10.0. The highest BCUT2D eigenvalue weighted by atomic mass is 16.5. The zero-order chi connectivity index (χ0) is 20.1. The van der Waals surface area contributed by atoms with Gasteiger partial charge in [0.25, 0.3) is 11.8 Å². The monoisotopic (exact) mass is 388 g/mol. The maximum atomic E-state index is 13.3. The molecule has 0 spiro atoms. The van der Waals surface area contributed by atoms with Crippen LogP contribution in [0.4, 0.5) is 0 Å². The highest BCUT2D eigenvalue weighted by Crippen LogP contribution is 2.36. The van der Waals surface area contributed by atoms with Crippen molar-refractivity contribution >= 4 is 17.4 Å². The summed E-state index contributed by atoms with van der Waals surface area (Å²) in [5.74, 6) is 0.0484. The topological polar surface area (TPSA) is 68.3 Å². The van der Waals surface area contributed by atoms with E-state index >= 15 is 0 Å². The average Bonchev–Trinajstić information content (AvgIpc) is 2.95. The van der Waals surface area contributed by atoms with Crippen LogP contribution in [0.15, 0.2) is 30.0 Å². The Bertz CT molecular complexity index is 753. The summed E-state index contributed by atoms with van der Waals surface area (Å²) in [6, 6.07) is 7.32. The molecule has 7 heteroatoms. The van der Waals surface area contributed by atoms with Crippen molar-refractivity contribution in [3.05, 3.63) is 35.5 Å². The first-order valence-corrected chi connectivity index (χ1v) is 9.72. The van der Waals surface area contributed by atoms with Crippen molar-refractivity contribution in [2.75, 3.05) is 46.6 Å². The Morgan fingerprint density at radius 1 is 1.11 bits per heavy atom. The zero-order valence-corrected chi connectivity index (χ0v) is 16.8. The minimum atomic E-state index is -0.277. The first-order valence-electron chi connectivity index (χ1n) is 9.72. The van der Waals surface area contributed by atoms with Gasteiger partial charge in [0, 0.05) is 31.8 Å². The summed E-state index contributed by atoms with van der Waals surface area (Å²) in [7, 11) is 1.57. The van der Waals surface area contributed by atoms with E-state index in [1.54, 1.807) is 13.2 Å². The molecular formula is C21H28N2O5. The van der Waals surface area contributed by atoms with Crippen LogP contribution in [0, 0.1) is 0 Å². The molecule has 28 heavy (non-hydrogen) atoms. The standard InChI is InChI=1S/C21H28N2O5/c1-15(2)28-12-6-9-23-20(24)18(16-7-4-5-8-17(16)26-3)19(21(23)25)22-10-13-27-14-11-22/h4-5,7-8,15H,6,9-14H2,1-3H3. The van der Waals surface area contributed by atoms with Crippen molar-refractivity contribution in [3.8, 4) is 5.75 Å². The number of para-hydroxylation sites is 1. The molecule has 0 saturated carbocycles. The molecule has 3 rings (SSSR count). The number of hydrogen-bond donors (Lipinski definition) is 0. The molecule has 0 bridgehead atoms. The van der Waals surface area contributed by atoms with Gasteiger partial charge in [-0.2, -0.15) is 0 Å². The number of hydrogen-bond acceptors (Lipinski definition) is 6. The second-order valence-electron chi connectivity index (χ2n) is 7.06. The van der Waals surface area contributed by atoms with E-state index in [1.807, 2.05) is 36.9 Å². The third kappa shape index (κ3) is 4.20. The maximum absolute atomic E-state index is 13.3. The Labute approximate surface area is 165 Å². The van der Waals surface area contributed by atoms with E-state index in [4.69, 9.17) is 14.2 Å². The van der Waals surface area contributed by atoms with Crippen LogP contribution >= 0.6 is 0 Å². The number of ether oxygens (including phenoxy) is 3. The molecule has 152 valence electrons. The molecule has 0 aliphatic carbocycles. The Hall–Kier alpha value is -2.38. The van der Waals surface area contributed by atoms with Gasteiger partial charge in [0.05, 0.1) is 32.0 Å². The number of methoxy groups -OCH3 is 1.